The standard InChI is InChI=1S/C14H11ClF2N2O2/c1-8(9-3-2-4-10(15)5-9)18-13-7-14(19(20)21)12(17)6-11(13)16/h2-8,18H,1H3. The molecule has 110 valence electrons. The number of halogens is 3. The van der Waals surface area contributed by atoms with Crippen LogP contribution in [-0.2, 0) is 0 Å². The van der Waals surface area contributed by atoms with E-state index in [4.69, 9.17) is 11.6 Å². The smallest absolute Gasteiger partial charge is 0.307 e. The van der Waals surface area contributed by atoms with E-state index < -0.39 is 22.2 Å². The second kappa shape index (κ2) is 6.05. The van der Waals surface area contributed by atoms with Crippen LogP contribution >= 0.6 is 11.6 Å². The number of nitrogens with one attached hydrogen (secondary N) is 1. The fourth-order valence-corrected chi connectivity index (χ4v) is 2.08. The van der Waals surface area contributed by atoms with Crippen molar-refractivity contribution >= 4 is 23.0 Å². The molecule has 0 spiro atoms. The van der Waals surface area contributed by atoms with Crippen molar-refractivity contribution in [3.63, 3.8) is 0 Å². The Hall–Kier alpha value is -2.21. The average Bonchev–Trinajstić information content (AvgIpc) is 2.41. The van der Waals surface area contributed by atoms with E-state index in [9.17, 15) is 18.9 Å². The van der Waals surface area contributed by atoms with E-state index in [1.54, 1.807) is 31.2 Å². The number of benzene rings is 2. The van der Waals surface area contributed by atoms with Crippen molar-refractivity contribution in [1.29, 1.82) is 0 Å². The Balaban J connectivity index is 2.31. The van der Waals surface area contributed by atoms with Crippen LogP contribution in [0.3, 0.4) is 0 Å². The molecule has 0 saturated heterocycles. The molecule has 1 unspecified atom stereocenters. The largest absolute Gasteiger partial charge is 0.376 e. The van der Waals surface area contributed by atoms with Crippen LogP contribution in [0.4, 0.5) is 20.2 Å². The Morgan fingerprint density at radius 2 is 1.95 bits per heavy atom. The first-order valence-corrected chi connectivity index (χ1v) is 6.41. The summed E-state index contributed by atoms with van der Waals surface area (Å²) in [6.45, 7) is 1.74. The number of anilines is 1. The second-order valence-electron chi connectivity index (χ2n) is 4.46. The van der Waals surface area contributed by atoms with E-state index in [0.29, 0.717) is 11.1 Å². The molecule has 1 N–H and O–H groups in total. The first kappa shape index (κ1) is 15.2. The molecule has 0 aromatic heterocycles. The molecule has 2 rings (SSSR count). The second-order valence-corrected chi connectivity index (χ2v) is 4.90. The maximum absolute atomic E-state index is 13.7. The van der Waals surface area contributed by atoms with E-state index in [-0.39, 0.29) is 11.7 Å². The van der Waals surface area contributed by atoms with Crippen molar-refractivity contribution in [2.24, 2.45) is 0 Å². The number of nitrogens with zero attached hydrogens (tertiary/aromatic N) is 1. The van der Waals surface area contributed by atoms with Crippen LogP contribution < -0.4 is 5.32 Å². The third-order valence-corrected chi connectivity index (χ3v) is 3.19. The Kier molecular flexibility index (Phi) is 4.37. The lowest BCUT2D eigenvalue weighted by atomic mass is 10.1. The van der Waals surface area contributed by atoms with E-state index in [2.05, 4.69) is 5.32 Å². The zero-order chi connectivity index (χ0) is 15.6. The van der Waals surface area contributed by atoms with Gasteiger partial charge in [0, 0.05) is 23.2 Å². The summed E-state index contributed by atoms with van der Waals surface area (Å²) in [6.07, 6.45) is 0. The predicted octanol–water partition coefficient (Wildman–Crippen LogP) is 4.70. The van der Waals surface area contributed by atoms with Crippen molar-refractivity contribution in [2.75, 3.05) is 5.32 Å². The van der Waals surface area contributed by atoms with Gasteiger partial charge >= 0.3 is 5.69 Å². The van der Waals surface area contributed by atoms with E-state index in [0.717, 1.165) is 11.6 Å². The first-order chi connectivity index (χ1) is 9.88. The lowest BCUT2D eigenvalue weighted by Gasteiger charge is -2.16. The molecule has 0 aliphatic carbocycles. The molecule has 7 heteroatoms. The molecule has 21 heavy (non-hydrogen) atoms. The average molecular weight is 313 g/mol. The Morgan fingerprint density at radius 3 is 2.57 bits per heavy atom. The van der Waals surface area contributed by atoms with Gasteiger partial charge in [-0.3, -0.25) is 10.1 Å². The van der Waals surface area contributed by atoms with E-state index >= 15 is 0 Å². The highest BCUT2D eigenvalue weighted by molar-refractivity contribution is 6.30. The summed E-state index contributed by atoms with van der Waals surface area (Å²) in [5, 5.41) is 14.0. The summed E-state index contributed by atoms with van der Waals surface area (Å²) >= 11 is 5.87. The van der Waals surface area contributed by atoms with Gasteiger partial charge in [-0.05, 0) is 24.6 Å². The summed E-state index contributed by atoms with van der Waals surface area (Å²) in [6, 6.07) is 7.87. The molecule has 0 bridgehead atoms. The van der Waals surface area contributed by atoms with Crippen molar-refractivity contribution in [3.05, 3.63) is 68.7 Å². The van der Waals surface area contributed by atoms with Crippen LogP contribution in [0.25, 0.3) is 0 Å². The first-order valence-electron chi connectivity index (χ1n) is 6.04. The highest BCUT2D eigenvalue weighted by Crippen LogP contribution is 2.28. The number of hydrogen-bond donors (Lipinski definition) is 1. The number of rotatable bonds is 4. The minimum atomic E-state index is -1.21. The van der Waals surface area contributed by atoms with Gasteiger partial charge in [0.05, 0.1) is 10.6 Å². The Morgan fingerprint density at radius 1 is 1.24 bits per heavy atom. The molecule has 0 aliphatic heterocycles. The molecule has 0 aliphatic rings. The summed E-state index contributed by atoms with van der Waals surface area (Å²) in [4.78, 5) is 9.78. The molecule has 0 fully saturated rings. The third kappa shape index (κ3) is 3.46. The third-order valence-electron chi connectivity index (χ3n) is 2.95. The molecule has 0 radical (unpaired) electrons. The van der Waals surface area contributed by atoms with Gasteiger partial charge in [0.2, 0.25) is 5.82 Å². The van der Waals surface area contributed by atoms with Crippen molar-refractivity contribution in [3.8, 4) is 0 Å². The lowest BCUT2D eigenvalue weighted by molar-refractivity contribution is -0.387. The highest BCUT2D eigenvalue weighted by atomic mass is 35.5. The van der Waals surface area contributed by atoms with Crippen molar-refractivity contribution in [1.82, 2.24) is 0 Å². The molecule has 0 heterocycles. The summed E-state index contributed by atoms with van der Waals surface area (Å²) in [5.74, 6) is -2.11. The fourth-order valence-electron chi connectivity index (χ4n) is 1.88. The highest BCUT2D eigenvalue weighted by Gasteiger charge is 2.19. The van der Waals surface area contributed by atoms with Gasteiger partial charge in [-0.2, -0.15) is 4.39 Å². The monoisotopic (exact) mass is 312 g/mol. The molecular weight excluding hydrogens is 302 g/mol. The quantitative estimate of drug-likeness (QED) is 0.657. The van der Waals surface area contributed by atoms with Crippen LogP contribution in [0.5, 0.6) is 0 Å². The molecule has 2 aromatic carbocycles. The minimum absolute atomic E-state index is 0.143. The van der Waals surface area contributed by atoms with Gasteiger partial charge in [-0.15, -0.1) is 0 Å². The molecule has 1 atom stereocenters. The van der Waals surface area contributed by atoms with Crippen LogP contribution in [0.15, 0.2) is 36.4 Å². The molecule has 0 amide bonds. The van der Waals surface area contributed by atoms with Gasteiger partial charge in [-0.25, -0.2) is 4.39 Å². The van der Waals surface area contributed by atoms with Crippen LogP contribution in [0.2, 0.25) is 5.02 Å². The minimum Gasteiger partial charge on any atom is -0.376 e. The van der Waals surface area contributed by atoms with Gasteiger partial charge < -0.3 is 5.32 Å². The molecular formula is C14H11ClF2N2O2. The molecule has 0 saturated carbocycles. The van der Waals surface area contributed by atoms with Gasteiger partial charge in [-0.1, -0.05) is 23.7 Å². The number of nitro groups is 1. The molecule has 2 aromatic rings. The van der Waals surface area contributed by atoms with Gasteiger partial charge in [0.1, 0.15) is 5.82 Å². The van der Waals surface area contributed by atoms with Gasteiger partial charge in [0.25, 0.3) is 0 Å². The van der Waals surface area contributed by atoms with Gasteiger partial charge in [0.15, 0.2) is 0 Å². The van der Waals surface area contributed by atoms with Crippen LogP contribution in [0, 0.1) is 21.7 Å². The molecule has 4 nitrogen and oxygen atoms in total. The van der Waals surface area contributed by atoms with Crippen molar-refractivity contribution < 1.29 is 13.7 Å². The Labute approximate surface area is 124 Å². The topological polar surface area (TPSA) is 55.2 Å². The maximum atomic E-state index is 13.7. The fraction of sp³-hybridized carbons (Fsp3) is 0.143. The van der Waals surface area contributed by atoms with Crippen LogP contribution in [-0.4, -0.2) is 4.92 Å². The predicted molar refractivity (Wildman–Crippen MR) is 76.5 cm³/mol. The number of hydrogen-bond acceptors (Lipinski definition) is 3. The summed E-state index contributed by atoms with van der Waals surface area (Å²) in [7, 11) is 0. The van der Waals surface area contributed by atoms with E-state index in [1.807, 2.05) is 0 Å². The zero-order valence-corrected chi connectivity index (χ0v) is 11.7. The maximum Gasteiger partial charge on any atom is 0.307 e. The summed E-state index contributed by atoms with van der Waals surface area (Å²) in [5.41, 5.74) is -0.151. The van der Waals surface area contributed by atoms with Crippen LogP contribution in [0.1, 0.15) is 18.5 Å². The SMILES string of the molecule is CC(Nc1cc([N+](=O)[O-])c(F)cc1F)c1cccc(Cl)c1. The normalized spacial score (nSPS) is 12.0. The lowest BCUT2D eigenvalue weighted by Crippen LogP contribution is -2.09. The zero-order valence-electron chi connectivity index (χ0n) is 10.9. The summed E-state index contributed by atoms with van der Waals surface area (Å²) < 4.78 is 27.0. The van der Waals surface area contributed by atoms with E-state index in [1.165, 1.54) is 0 Å². The number of nitro benzene ring substituents is 1. The van der Waals surface area contributed by atoms with Crippen molar-refractivity contribution in [2.45, 2.75) is 13.0 Å². The Bertz CT molecular complexity index is 695.